The molecule has 0 heterocycles. The molecule has 0 amide bonds. The standard InChI is InChI=1S/C18H24O2/c1-17-11-6-12-18(2,16(19)20-3)15(17)10-9-13-7-4-5-8-14(13)17/h4-5,7-8,15H,6,9-12H2,1-3H3/t15-,17+,18-/m0/s1. The first-order valence-electron chi connectivity index (χ1n) is 7.69. The van der Waals surface area contributed by atoms with Crippen LogP contribution in [0.3, 0.4) is 0 Å². The minimum Gasteiger partial charge on any atom is -0.469 e. The topological polar surface area (TPSA) is 26.3 Å². The lowest BCUT2D eigenvalue weighted by Crippen LogP contribution is -2.52. The number of hydrogen-bond acceptors (Lipinski definition) is 2. The Balaban J connectivity index is 2.08. The lowest BCUT2D eigenvalue weighted by molar-refractivity contribution is -0.161. The van der Waals surface area contributed by atoms with Crippen molar-refractivity contribution in [1.29, 1.82) is 0 Å². The maximum absolute atomic E-state index is 12.4. The third-order valence-corrected chi connectivity index (χ3v) is 5.92. The third kappa shape index (κ3) is 1.73. The fourth-order valence-corrected chi connectivity index (χ4v) is 4.91. The van der Waals surface area contributed by atoms with Crippen LogP contribution in [0.1, 0.15) is 50.7 Å². The molecule has 2 nitrogen and oxygen atoms in total. The SMILES string of the molecule is COC(=O)[C@@]1(C)CCC[C@]2(C)c3ccccc3CC[C@H]12. The van der Waals surface area contributed by atoms with Gasteiger partial charge in [0.1, 0.15) is 0 Å². The van der Waals surface area contributed by atoms with Gasteiger partial charge >= 0.3 is 5.97 Å². The van der Waals surface area contributed by atoms with Crippen LogP contribution in [0.2, 0.25) is 0 Å². The average Bonchev–Trinajstić information content (AvgIpc) is 2.46. The van der Waals surface area contributed by atoms with Gasteiger partial charge in [-0.1, -0.05) is 37.6 Å². The van der Waals surface area contributed by atoms with Gasteiger partial charge in [-0.05, 0) is 55.1 Å². The Morgan fingerprint density at radius 1 is 1.25 bits per heavy atom. The van der Waals surface area contributed by atoms with E-state index in [9.17, 15) is 4.79 Å². The van der Waals surface area contributed by atoms with Crippen molar-refractivity contribution in [3.8, 4) is 0 Å². The van der Waals surface area contributed by atoms with Crippen LogP contribution in [0, 0.1) is 11.3 Å². The molecule has 1 aromatic carbocycles. The van der Waals surface area contributed by atoms with Crippen molar-refractivity contribution in [3.63, 3.8) is 0 Å². The van der Waals surface area contributed by atoms with Crippen LogP contribution in [0.25, 0.3) is 0 Å². The lowest BCUT2D eigenvalue weighted by Gasteiger charge is -2.54. The number of rotatable bonds is 1. The molecule has 2 aliphatic rings. The molecule has 20 heavy (non-hydrogen) atoms. The van der Waals surface area contributed by atoms with Gasteiger partial charge in [-0.25, -0.2) is 0 Å². The first-order chi connectivity index (χ1) is 9.52. The van der Waals surface area contributed by atoms with Crippen LogP contribution in [0.4, 0.5) is 0 Å². The second-order valence-electron chi connectivity index (χ2n) is 6.93. The van der Waals surface area contributed by atoms with Crippen LogP contribution in [0.15, 0.2) is 24.3 Å². The Labute approximate surface area is 121 Å². The first-order valence-corrected chi connectivity index (χ1v) is 7.69. The fraction of sp³-hybridized carbons (Fsp3) is 0.611. The molecule has 3 atom stereocenters. The largest absolute Gasteiger partial charge is 0.469 e. The van der Waals surface area contributed by atoms with E-state index in [1.54, 1.807) is 0 Å². The quantitative estimate of drug-likeness (QED) is 0.725. The molecule has 0 radical (unpaired) electrons. The zero-order valence-corrected chi connectivity index (χ0v) is 12.7. The molecule has 0 aliphatic heterocycles. The van der Waals surface area contributed by atoms with E-state index in [2.05, 4.69) is 38.1 Å². The van der Waals surface area contributed by atoms with Crippen LogP contribution in [-0.2, 0) is 21.4 Å². The van der Waals surface area contributed by atoms with Gasteiger partial charge < -0.3 is 4.74 Å². The van der Waals surface area contributed by atoms with Gasteiger partial charge in [0.05, 0.1) is 12.5 Å². The van der Waals surface area contributed by atoms with Crippen LogP contribution < -0.4 is 0 Å². The molecule has 0 N–H and O–H groups in total. The molecular weight excluding hydrogens is 248 g/mol. The maximum Gasteiger partial charge on any atom is 0.311 e. The Hall–Kier alpha value is -1.31. The van der Waals surface area contributed by atoms with Gasteiger partial charge in [0, 0.05) is 0 Å². The smallest absolute Gasteiger partial charge is 0.311 e. The summed E-state index contributed by atoms with van der Waals surface area (Å²) in [5, 5.41) is 0. The van der Waals surface area contributed by atoms with Gasteiger partial charge in [0.25, 0.3) is 0 Å². The van der Waals surface area contributed by atoms with E-state index in [-0.39, 0.29) is 16.8 Å². The van der Waals surface area contributed by atoms with Crippen LogP contribution in [0.5, 0.6) is 0 Å². The number of esters is 1. The highest BCUT2D eigenvalue weighted by Crippen LogP contribution is 2.57. The predicted octanol–water partition coefficient (Wildman–Crippen LogP) is 3.87. The summed E-state index contributed by atoms with van der Waals surface area (Å²) in [6.07, 6.45) is 5.43. The van der Waals surface area contributed by atoms with Crippen molar-refractivity contribution in [3.05, 3.63) is 35.4 Å². The summed E-state index contributed by atoms with van der Waals surface area (Å²) < 4.78 is 5.14. The molecule has 1 fully saturated rings. The highest BCUT2D eigenvalue weighted by Gasteiger charge is 2.55. The summed E-state index contributed by atoms with van der Waals surface area (Å²) in [6.45, 7) is 4.48. The predicted molar refractivity (Wildman–Crippen MR) is 79.6 cm³/mol. The highest BCUT2D eigenvalue weighted by molar-refractivity contribution is 5.77. The summed E-state index contributed by atoms with van der Waals surface area (Å²) in [7, 11) is 1.52. The van der Waals surface area contributed by atoms with Gasteiger partial charge in [-0.3, -0.25) is 4.79 Å². The van der Waals surface area contributed by atoms with E-state index < -0.39 is 0 Å². The molecule has 0 saturated heterocycles. The second-order valence-corrected chi connectivity index (χ2v) is 6.93. The highest BCUT2D eigenvalue weighted by atomic mass is 16.5. The molecule has 1 aromatic rings. The van der Waals surface area contributed by atoms with Crippen molar-refractivity contribution < 1.29 is 9.53 Å². The van der Waals surface area contributed by atoms with Crippen molar-refractivity contribution >= 4 is 5.97 Å². The molecule has 2 heteroatoms. The second kappa shape index (κ2) is 4.61. The van der Waals surface area contributed by atoms with Crippen LogP contribution >= 0.6 is 0 Å². The van der Waals surface area contributed by atoms with Gasteiger partial charge in [0.2, 0.25) is 0 Å². The van der Waals surface area contributed by atoms with E-state index >= 15 is 0 Å². The number of hydrogen-bond donors (Lipinski definition) is 0. The van der Waals surface area contributed by atoms with E-state index in [1.165, 1.54) is 24.7 Å². The van der Waals surface area contributed by atoms with Crippen molar-refractivity contribution in [2.45, 2.75) is 51.4 Å². The molecule has 3 rings (SSSR count). The number of carbonyl (C=O) groups is 1. The average molecular weight is 272 g/mol. The van der Waals surface area contributed by atoms with Crippen molar-refractivity contribution in [2.75, 3.05) is 7.11 Å². The zero-order valence-electron chi connectivity index (χ0n) is 12.7. The third-order valence-electron chi connectivity index (χ3n) is 5.92. The monoisotopic (exact) mass is 272 g/mol. The van der Waals surface area contributed by atoms with Crippen LogP contribution in [-0.4, -0.2) is 13.1 Å². The Bertz CT molecular complexity index is 536. The number of carbonyl (C=O) groups excluding carboxylic acids is 1. The van der Waals surface area contributed by atoms with Gasteiger partial charge in [-0.2, -0.15) is 0 Å². The molecule has 0 bridgehead atoms. The molecule has 2 aliphatic carbocycles. The normalized spacial score (nSPS) is 35.9. The number of aryl methyl sites for hydroxylation is 1. The summed E-state index contributed by atoms with van der Waals surface area (Å²) in [5.41, 5.74) is 2.73. The molecule has 108 valence electrons. The van der Waals surface area contributed by atoms with Gasteiger partial charge in [-0.15, -0.1) is 0 Å². The molecule has 0 spiro atoms. The van der Waals surface area contributed by atoms with E-state index in [1.807, 2.05) is 0 Å². The Morgan fingerprint density at radius 2 is 2.00 bits per heavy atom. The van der Waals surface area contributed by atoms with Crippen molar-refractivity contribution in [1.82, 2.24) is 0 Å². The van der Waals surface area contributed by atoms with E-state index in [4.69, 9.17) is 4.74 Å². The van der Waals surface area contributed by atoms with E-state index in [0.29, 0.717) is 5.92 Å². The summed E-state index contributed by atoms with van der Waals surface area (Å²) >= 11 is 0. The summed E-state index contributed by atoms with van der Waals surface area (Å²) in [4.78, 5) is 12.4. The minimum absolute atomic E-state index is 0.0205. The maximum atomic E-state index is 12.4. The Kier molecular flexibility index (Phi) is 3.15. The number of benzene rings is 1. The van der Waals surface area contributed by atoms with E-state index in [0.717, 1.165) is 25.7 Å². The first kappa shape index (κ1) is 13.7. The minimum atomic E-state index is -0.324. The Morgan fingerprint density at radius 3 is 2.75 bits per heavy atom. The summed E-state index contributed by atoms with van der Waals surface area (Å²) in [6, 6.07) is 8.78. The summed E-state index contributed by atoms with van der Waals surface area (Å²) in [5.74, 6) is 0.374. The molecule has 1 saturated carbocycles. The fourth-order valence-electron chi connectivity index (χ4n) is 4.91. The lowest BCUT2D eigenvalue weighted by atomic mass is 9.50. The number of ether oxygens (including phenoxy) is 1. The zero-order chi connectivity index (χ0) is 14.4. The number of fused-ring (bicyclic) bond motifs is 3. The molecule has 0 unspecified atom stereocenters. The molecular formula is C18H24O2. The van der Waals surface area contributed by atoms with Crippen molar-refractivity contribution in [2.24, 2.45) is 11.3 Å². The number of methoxy groups -OCH3 is 1. The van der Waals surface area contributed by atoms with Gasteiger partial charge in [0.15, 0.2) is 0 Å². The molecule has 0 aromatic heterocycles.